The van der Waals surface area contributed by atoms with Crippen LogP contribution in [-0.4, -0.2) is 43.8 Å². The molecule has 1 aliphatic heterocycles. The zero-order valence-corrected chi connectivity index (χ0v) is 10.6. The number of nitrogens with one attached hydrogen (secondary N) is 1. The summed E-state index contributed by atoms with van der Waals surface area (Å²) in [4.78, 5) is 13.6. The molecular formula is C13H15N3O3. The molecule has 1 atom stereocenters. The average Bonchev–Trinajstić information content (AvgIpc) is 2.48. The molecule has 2 amide bonds. The number of nitriles is 1. The summed E-state index contributed by atoms with van der Waals surface area (Å²) >= 11 is 0. The summed E-state index contributed by atoms with van der Waals surface area (Å²) in [7, 11) is 1.59. The van der Waals surface area contributed by atoms with E-state index in [4.69, 9.17) is 14.7 Å². The third-order valence-corrected chi connectivity index (χ3v) is 2.84. The zero-order chi connectivity index (χ0) is 13.7. The van der Waals surface area contributed by atoms with Crippen LogP contribution in [0.25, 0.3) is 0 Å². The van der Waals surface area contributed by atoms with Crippen molar-refractivity contribution >= 4 is 11.7 Å². The predicted octanol–water partition coefficient (Wildman–Crippen LogP) is 1.45. The SMILES string of the molecule is COc1ccc(NC(=O)N2CCOC(C#N)C2)cc1. The van der Waals surface area contributed by atoms with Gasteiger partial charge in [-0.2, -0.15) is 5.26 Å². The molecule has 1 aliphatic rings. The van der Waals surface area contributed by atoms with Crippen LogP contribution < -0.4 is 10.1 Å². The van der Waals surface area contributed by atoms with Crippen molar-refractivity contribution in [2.75, 3.05) is 32.1 Å². The van der Waals surface area contributed by atoms with E-state index in [2.05, 4.69) is 5.32 Å². The zero-order valence-electron chi connectivity index (χ0n) is 10.6. The number of amides is 2. The predicted molar refractivity (Wildman–Crippen MR) is 68.9 cm³/mol. The van der Waals surface area contributed by atoms with Gasteiger partial charge in [-0.1, -0.05) is 0 Å². The van der Waals surface area contributed by atoms with Crippen molar-refractivity contribution in [3.63, 3.8) is 0 Å². The number of rotatable bonds is 2. The van der Waals surface area contributed by atoms with Gasteiger partial charge in [-0.05, 0) is 24.3 Å². The Balaban J connectivity index is 1.94. The number of nitrogens with zero attached hydrogens (tertiary/aromatic N) is 2. The lowest BCUT2D eigenvalue weighted by molar-refractivity contribution is 0.0181. The molecule has 0 aliphatic carbocycles. The van der Waals surface area contributed by atoms with Crippen LogP contribution in [0.1, 0.15) is 0 Å². The summed E-state index contributed by atoms with van der Waals surface area (Å²) in [5.41, 5.74) is 0.686. The van der Waals surface area contributed by atoms with Gasteiger partial charge < -0.3 is 19.7 Å². The van der Waals surface area contributed by atoms with Gasteiger partial charge in [0.15, 0.2) is 6.10 Å². The van der Waals surface area contributed by atoms with E-state index < -0.39 is 6.10 Å². The molecule has 0 saturated carbocycles. The Morgan fingerprint density at radius 3 is 2.89 bits per heavy atom. The van der Waals surface area contributed by atoms with E-state index in [9.17, 15) is 4.79 Å². The number of carbonyl (C=O) groups is 1. The third-order valence-electron chi connectivity index (χ3n) is 2.84. The fraction of sp³-hybridized carbons (Fsp3) is 0.385. The molecule has 0 aromatic heterocycles. The van der Waals surface area contributed by atoms with Crippen molar-refractivity contribution in [3.8, 4) is 11.8 Å². The molecule has 1 fully saturated rings. The van der Waals surface area contributed by atoms with Gasteiger partial charge in [-0.3, -0.25) is 0 Å². The smallest absolute Gasteiger partial charge is 0.322 e. The number of hydrogen-bond donors (Lipinski definition) is 1. The summed E-state index contributed by atoms with van der Waals surface area (Å²) in [5.74, 6) is 0.730. The maximum atomic E-state index is 12.0. The van der Waals surface area contributed by atoms with Gasteiger partial charge in [0, 0.05) is 12.2 Å². The van der Waals surface area contributed by atoms with Crippen LogP contribution >= 0.6 is 0 Å². The van der Waals surface area contributed by atoms with Gasteiger partial charge in [-0.25, -0.2) is 4.79 Å². The molecule has 1 N–H and O–H groups in total. The van der Waals surface area contributed by atoms with Crippen LogP contribution in [0.3, 0.4) is 0 Å². The van der Waals surface area contributed by atoms with E-state index in [0.29, 0.717) is 25.4 Å². The number of benzene rings is 1. The third kappa shape index (κ3) is 3.36. The Morgan fingerprint density at radius 2 is 2.26 bits per heavy atom. The minimum Gasteiger partial charge on any atom is -0.497 e. The fourth-order valence-electron chi connectivity index (χ4n) is 1.79. The summed E-state index contributed by atoms with van der Waals surface area (Å²) in [6.45, 7) is 1.16. The van der Waals surface area contributed by atoms with E-state index >= 15 is 0 Å². The molecule has 0 bridgehead atoms. The normalized spacial score (nSPS) is 18.5. The highest BCUT2D eigenvalue weighted by Crippen LogP contribution is 2.16. The highest BCUT2D eigenvalue weighted by Gasteiger charge is 2.23. The van der Waals surface area contributed by atoms with Gasteiger partial charge in [0.2, 0.25) is 0 Å². The molecule has 1 unspecified atom stereocenters. The van der Waals surface area contributed by atoms with Crippen LogP contribution in [-0.2, 0) is 4.74 Å². The molecule has 1 heterocycles. The van der Waals surface area contributed by atoms with Crippen molar-refractivity contribution in [3.05, 3.63) is 24.3 Å². The van der Waals surface area contributed by atoms with Crippen LogP contribution in [0.4, 0.5) is 10.5 Å². The minimum atomic E-state index is -0.546. The molecule has 0 radical (unpaired) electrons. The van der Waals surface area contributed by atoms with E-state index in [0.717, 1.165) is 5.75 Å². The molecule has 2 rings (SSSR count). The standard InChI is InChI=1S/C13H15N3O3/c1-18-11-4-2-10(3-5-11)15-13(17)16-6-7-19-12(8-14)9-16/h2-5,12H,6-7,9H2,1H3,(H,15,17). The molecule has 1 aromatic rings. The fourth-order valence-corrected chi connectivity index (χ4v) is 1.79. The minimum absolute atomic E-state index is 0.228. The van der Waals surface area contributed by atoms with Crippen molar-refractivity contribution in [1.82, 2.24) is 4.90 Å². The topological polar surface area (TPSA) is 74.6 Å². The molecule has 6 heteroatoms. The van der Waals surface area contributed by atoms with Crippen molar-refractivity contribution in [2.45, 2.75) is 6.10 Å². The maximum Gasteiger partial charge on any atom is 0.322 e. The Bertz CT molecular complexity index is 481. The van der Waals surface area contributed by atoms with Gasteiger partial charge in [-0.15, -0.1) is 0 Å². The number of urea groups is 1. The summed E-state index contributed by atoms with van der Waals surface area (Å²) in [5, 5.41) is 11.6. The Morgan fingerprint density at radius 1 is 1.53 bits per heavy atom. The van der Waals surface area contributed by atoms with Crippen molar-refractivity contribution < 1.29 is 14.3 Å². The van der Waals surface area contributed by atoms with Gasteiger partial charge >= 0.3 is 6.03 Å². The largest absolute Gasteiger partial charge is 0.497 e. The second-order valence-electron chi connectivity index (χ2n) is 4.09. The summed E-state index contributed by atoms with van der Waals surface area (Å²) in [6.07, 6.45) is -0.546. The number of methoxy groups -OCH3 is 1. The summed E-state index contributed by atoms with van der Waals surface area (Å²) in [6, 6.07) is 8.85. The Hall–Kier alpha value is -2.26. The number of morpholine rings is 1. The highest BCUT2D eigenvalue weighted by molar-refractivity contribution is 5.89. The van der Waals surface area contributed by atoms with E-state index in [1.165, 1.54) is 0 Å². The second-order valence-corrected chi connectivity index (χ2v) is 4.09. The molecule has 6 nitrogen and oxygen atoms in total. The first-order valence-corrected chi connectivity index (χ1v) is 5.94. The lowest BCUT2D eigenvalue weighted by Gasteiger charge is -2.29. The molecular weight excluding hydrogens is 246 g/mol. The number of ether oxygens (including phenoxy) is 2. The van der Waals surface area contributed by atoms with Gasteiger partial charge in [0.1, 0.15) is 5.75 Å². The lowest BCUT2D eigenvalue weighted by atomic mass is 10.3. The number of hydrogen-bond acceptors (Lipinski definition) is 4. The van der Waals surface area contributed by atoms with Crippen LogP contribution in [0, 0.1) is 11.3 Å². The molecule has 100 valence electrons. The molecule has 1 saturated heterocycles. The first-order valence-electron chi connectivity index (χ1n) is 5.94. The monoisotopic (exact) mass is 261 g/mol. The first kappa shape index (κ1) is 13.2. The Labute approximate surface area is 111 Å². The maximum absolute atomic E-state index is 12.0. The number of anilines is 1. The highest BCUT2D eigenvalue weighted by atomic mass is 16.5. The van der Waals surface area contributed by atoms with Crippen molar-refractivity contribution in [2.24, 2.45) is 0 Å². The Kier molecular flexibility index (Phi) is 4.21. The van der Waals surface area contributed by atoms with Crippen molar-refractivity contribution in [1.29, 1.82) is 5.26 Å². The second kappa shape index (κ2) is 6.07. The lowest BCUT2D eigenvalue weighted by Crippen LogP contribution is -2.46. The van der Waals surface area contributed by atoms with Gasteiger partial charge in [0.05, 0.1) is 26.3 Å². The molecule has 1 aromatic carbocycles. The molecule has 19 heavy (non-hydrogen) atoms. The summed E-state index contributed by atoms with van der Waals surface area (Å²) < 4.78 is 10.2. The number of carbonyl (C=O) groups excluding carboxylic acids is 1. The van der Waals surface area contributed by atoms with Crippen LogP contribution in [0.2, 0.25) is 0 Å². The average molecular weight is 261 g/mol. The van der Waals surface area contributed by atoms with E-state index in [1.807, 2.05) is 6.07 Å². The van der Waals surface area contributed by atoms with Crippen LogP contribution in [0.5, 0.6) is 5.75 Å². The van der Waals surface area contributed by atoms with Gasteiger partial charge in [0.25, 0.3) is 0 Å². The van der Waals surface area contributed by atoms with E-state index in [-0.39, 0.29) is 6.03 Å². The molecule has 0 spiro atoms. The quantitative estimate of drug-likeness (QED) is 0.874. The van der Waals surface area contributed by atoms with Crippen LogP contribution in [0.15, 0.2) is 24.3 Å². The first-order chi connectivity index (χ1) is 9.22. The van der Waals surface area contributed by atoms with E-state index in [1.54, 1.807) is 36.3 Å².